The minimum Gasteiger partial charge on any atom is -0.494 e. The fourth-order valence-electron chi connectivity index (χ4n) is 3.58. The van der Waals surface area contributed by atoms with Gasteiger partial charge >= 0.3 is 6.03 Å². The van der Waals surface area contributed by atoms with E-state index in [1.807, 2.05) is 39.8 Å². The summed E-state index contributed by atoms with van der Waals surface area (Å²) in [5.41, 5.74) is 2.87. The molecule has 0 saturated carbocycles. The zero-order chi connectivity index (χ0) is 21.3. The lowest BCUT2D eigenvalue weighted by Gasteiger charge is -2.22. The van der Waals surface area contributed by atoms with Crippen LogP contribution in [0.4, 0.5) is 4.79 Å². The zero-order valence-corrected chi connectivity index (χ0v) is 17.5. The van der Waals surface area contributed by atoms with Crippen molar-refractivity contribution in [3.8, 4) is 5.75 Å². The normalized spacial score (nSPS) is 18.7. The van der Waals surface area contributed by atoms with E-state index < -0.39 is 17.5 Å². The van der Waals surface area contributed by atoms with Crippen molar-refractivity contribution in [2.24, 2.45) is 0 Å². The van der Waals surface area contributed by atoms with Crippen molar-refractivity contribution < 1.29 is 19.1 Å². The maximum atomic E-state index is 13.1. The van der Waals surface area contributed by atoms with E-state index in [1.54, 1.807) is 31.2 Å². The van der Waals surface area contributed by atoms with Crippen molar-refractivity contribution in [3.63, 3.8) is 0 Å². The van der Waals surface area contributed by atoms with E-state index in [4.69, 9.17) is 4.74 Å². The number of aryl methyl sites for hydroxylation is 3. The third-order valence-electron chi connectivity index (χ3n) is 5.46. The maximum absolute atomic E-state index is 13.1. The molecular weight excluding hydrogens is 368 g/mol. The quantitative estimate of drug-likeness (QED) is 0.599. The van der Waals surface area contributed by atoms with Gasteiger partial charge in [-0.25, -0.2) is 4.79 Å². The molecule has 2 aromatic carbocycles. The van der Waals surface area contributed by atoms with Gasteiger partial charge in [0, 0.05) is 5.56 Å². The molecule has 1 aliphatic rings. The van der Waals surface area contributed by atoms with E-state index >= 15 is 0 Å². The van der Waals surface area contributed by atoms with Crippen molar-refractivity contribution in [1.82, 2.24) is 10.2 Å². The maximum Gasteiger partial charge on any atom is 0.325 e. The van der Waals surface area contributed by atoms with Crippen LogP contribution in [0.25, 0.3) is 0 Å². The number of nitrogens with zero attached hydrogens (tertiary/aromatic N) is 1. The Morgan fingerprint density at radius 1 is 1.03 bits per heavy atom. The van der Waals surface area contributed by atoms with Gasteiger partial charge in [0.1, 0.15) is 11.3 Å². The molecule has 29 heavy (non-hydrogen) atoms. The van der Waals surface area contributed by atoms with Gasteiger partial charge < -0.3 is 10.1 Å². The number of ketones is 1. The molecule has 6 heteroatoms. The number of carbonyl (C=O) groups is 3. The van der Waals surface area contributed by atoms with Crippen LogP contribution < -0.4 is 10.1 Å². The molecule has 152 valence electrons. The number of Topliss-reactive ketones (excluding diaryl/α,β-unsaturated/α-hetero) is 1. The third kappa shape index (κ3) is 3.75. The van der Waals surface area contributed by atoms with Crippen LogP contribution in [0.3, 0.4) is 0 Å². The first-order chi connectivity index (χ1) is 13.7. The zero-order valence-electron chi connectivity index (χ0n) is 17.5. The molecule has 3 amide bonds. The van der Waals surface area contributed by atoms with E-state index in [1.165, 1.54) is 0 Å². The topological polar surface area (TPSA) is 75.7 Å². The number of urea groups is 1. The van der Waals surface area contributed by atoms with E-state index in [-0.39, 0.29) is 12.3 Å². The first kappa shape index (κ1) is 20.6. The van der Waals surface area contributed by atoms with Crippen LogP contribution in [0.5, 0.6) is 5.75 Å². The van der Waals surface area contributed by atoms with E-state index in [2.05, 4.69) is 5.32 Å². The number of ether oxygens (including phenoxy) is 1. The fourth-order valence-corrected chi connectivity index (χ4v) is 3.58. The van der Waals surface area contributed by atoms with Crippen LogP contribution in [0.15, 0.2) is 36.4 Å². The highest BCUT2D eigenvalue weighted by Gasteiger charge is 2.49. The van der Waals surface area contributed by atoms with Crippen LogP contribution in [0.1, 0.15) is 46.5 Å². The monoisotopic (exact) mass is 394 g/mol. The van der Waals surface area contributed by atoms with E-state index in [0.717, 1.165) is 21.6 Å². The Bertz CT molecular complexity index is 981. The molecule has 0 bridgehead atoms. The first-order valence-corrected chi connectivity index (χ1v) is 9.66. The Kier molecular flexibility index (Phi) is 5.46. The molecular formula is C23H26N2O4. The molecule has 0 radical (unpaired) electrons. The predicted molar refractivity (Wildman–Crippen MR) is 110 cm³/mol. The summed E-state index contributed by atoms with van der Waals surface area (Å²) in [4.78, 5) is 39.5. The van der Waals surface area contributed by atoms with Crippen molar-refractivity contribution in [3.05, 3.63) is 64.2 Å². The minimum atomic E-state index is -1.22. The Balaban J connectivity index is 1.83. The van der Waals surface area contributed by atoms with Gasteiger partial charge in [0.15, 0.2) is 5.78 Å². The molecule has 3 rings (SSSR count). The summed E-state index contributed by atoms with van der Waals surface area (Å²) in [6, 6.07) is 10.2. The molecule has 6 nitrogen and oxygen atoms in total. The summed E-state index contributed by atoms with van der Waals surface area (Å²) in [6.45, 7) is 9.56. The highest BCUT2D eigenvalue weighted by Crippen LogP contribution is 2.30. The van der Waals surface area contributed by atoms with Gasteiger partial charge in [0.25, 0.3) is 5.91 Å². The number of imide groups is 1. The molecule has 0 aromatic heterocycles. The summed E-state index contributed by atoms with van der Waals surface area (Å²) in [5.74, 6) is -0.0135. The van der Waals surface area contributed by atoms with Gasteiger partial charge in [0.2, 0.25) is 0 Å². The standard InChI is InChI=1S/C23H26N2O4/c1-6-29-18-9-7-17(8-10-18)23(5)21(27)25(22(28)24-23)13-20(26)19-12-15(3)14(2)11-16(19)4/h7-12H,6,13H2,1-5H3,(H,24,28)/t23-/m1/s1. The summed E-state index contributed by atoms with van der Waals surface area (Å²) >= 11 is 0. The highest BCUT2D eigenvalue weighted by molar-refractivity contribution is 6.11. The number of carbonyl (C=O) groups excluding carboxylic acids is 3. The van der Waals surface area contributed by atoms with Crippen molar-refractivity contribution in [1.29, 1.82) is 0 Å². The molecule has 1 aliphatic heterocycles. The van der Waals surface area contributed by atoms with Crippen LogP contribution >= 0.6 is 0 Å². The van der Waals surface area contributed by atoms with Crippen molar-refractivity contribution >= 4 is 17.7 Å². The molecule has 1 saturated heterocycles. The number of benzene rings is 2. The Hall–Kier alpha value is -3.15. The molecule has 1 N–H and O–H groups in total. The van der Waals surface area contributed by atoms with Crippen LogP contribution in [0.2, 0.25) is 0 Å². The average molecular weight is 394 g/mol. The molecule has 1 heterocycles. The number of rotatable bonds is 6. The molecule has 0 aliphatic carbocycles. The second-order valence-corrected chi connectivity index (χ2v) is 7.58. The van der Waals surface area contributed by atoms with Gasteiger partial charge in [-0.1, -0.05) is 18.2 Å². The summed E-state index contributed by atoms with van der Waals surface area (Å²) in [6.07, 6.45) is 0. The predicted octanol–water partition coefficient (Wildman–Crippen LogP) is 3.66. The second-order valence-electron chi connectivity index (χ2n) is 7.58. The molecule has 2 aromatic rings. The number of hydrogen-bond donors (Lipinski definition) is 1. The van der Waals surface area contributed by atoms with Gasteiger partial charge in [-0.3, -0.25) is 14.5 Å². The number of amides is 3. The summed E-state index contributed by atoms with van der Waals surface area (Å²) in [5, 5.41) is 2.73. The Morgan fingerprint density at radius 2 is 1.66 bits per heavy atom. The molecule has 1 fully saturated rings. The molecule has 0 unspecified atom stereocenters. The summed E-state index contributed by atoms with van der Waals surface area (Å²) in [7, 11) is 0. The smallest absolute Gasteiger partial charge is 0.325 e. The third-order valence-corrected chi connectivity index (χ3v) is 5.46. The van der Waals surface area contributed by atoms with Crippen LogP contribution in [0, 0.1) is 20.8 Å². The Morgan fingerprint density at radius 3 is 2.28 bits per heavy atom. The van der Waals surface area contributed by atoms with Gasteiger partial charge in [-0.2, -0.15) is 0 Å². The minimum absolute atomic E-state index is 0.259. The van der Waals surface area contributed by atoms with Crippen LogP contribution in [-0.2, 0) is 10.3 Å². The highest BCUT2D eigenvalue weighted by atomic mass is 16.5. The summed E-state index contributed by atoms with van der Waals surface area (Å²) < 4.78 is 5.43. The average Bonchev–Trinajstić information content (AvgIpc) is 2.89. The second kappa shape index (κ2) is 7.70. The van der Waals surface area contributed by atoms with Crippen molar-refractivity contribution in [2.75, 3.05) is 13.2 Å². The number of hydrogen-bond acceptors (Lipinski definition) is 4. The fraction of sp³-hybridized carbons (Fsp3) is 0.348. The van der Waals surface area contributed by atoms with Gasteiger partial charge in [0.05, 0.1) is 13.2 Å². The lowest BCUT2D eigenvalue weighted by Crippen LogP contribution is -2.41. The lowest BCUT2D eigenvalue weighted by atomic mass is 9.92. The SMILES string of the molecule is CCOc1ccc([C@@]2(C)NC(=O)N(CC(=O)c3cc(C)c(C)cc3C)C2=O)cc1. The largest absolute Gasteiger partial charge is 0.494 e. The molecule has 1 atom stereocenters. The number of nitrogens with one attached hydrogen (secondary N) is 1. The van der Waals surface area contributed by atoms with Crippen molar-refractivity contribution in [2.45, 2.75) is 40.2 Å². The van der Waals surface area contributed by atoms with E-state index in [0.29, 0.717) is 23.5 Å². The lowest BCUT2D eigenvalue weighted by molar-refractivity contribution is -0.130. The molecule has 0 spiro atoms. The van der Waals surface area contributed by atoms with Gasteiger partial charge in [-0.15, -0.1) is 0 Å². The van der Waals surface area contributed by atoms with E-state index in [9.17, 15) is 14.4 Å². The Labute approximate surface area is 170 Å². The van der Waals surface area contributed by atoms with Crippen LogP contribution in [-0.4, -0.2) is 35.8 Å². The first-order valence-electron chi connectivity index (χ1n) is 9.66. The van der Waals surface area contributed by atoms with Gasteiger partial charge in [-0.05, 0) is 75.1 Å².